The number of likely N-dealkylation sites (tertiary alicyclic amines) is 1. The number of unbranched alkanes of at least 4 members (excludes halogenated alkanes) is 1. The molecule has 176 valence electrons. The molecule has 2 aromatic rings. The maximum absolute atomic E-state index is 14.7. The summed E-state index contributed by atoms with van der Waals surface area (Å²) in [5, 5.41) is 21.2. The van der Waals surface area contributed by atoms with Crippen LogP contribution in [0.3, 0.4) is 0 Å². The molecule has 0 radical (unpaired) electrons. The Kier molecular flexibility index (Phi) is 7.54. The van der Waals surface area contributed by atoms with Gasteiger partial charge in [-0.15, -0.1) is 10.2 Å². The van der Waals surface area contributed by atoms with E-state index in [1.54, 1.807) is 18.2 Å². The van der Waals surface area contributed by atoms with Crippen LogP contribution >= 0.6 is 12.6 Å². The molecule has 1 saturated carbocycles. The molecule has 2 atom stereocenters. The van der Waals surface area contributed by atoms with Crippen molar-refractivity contribution in [3.8, 4) is 0 Å². The molecule has 10 heteroatoms. The molecule has 4 rings (SSSR count). The van der Waals surface area contributed by atoms with Gasteiger partial charge in [0.15, 0.2) is 11.6 Å². The van der Waals surface area contributed by atoms with Crippen LogP contribution in [0.5, 0.6) is 0 Å². The summed E-state index contributed by atoms with van der Waals surface area (Å²) in [4.78, 5) is 27.3. The molecule has 2 heterocycles. The number of hydrogen-bond donors (Lipinski definition) is 2. The van der Waals surface area contributed by atoms with Crippen molar-refractivity contribution in [1.29, 1.82) is 0 Å². The topological polar surface area (TPSA) is 101 Å². The van der Waals surface area contributed by atoms with Crippen molar-refractivity contribution in [3.05, 3.63) is 47.0 Å². The third-order valence-corrected chi connectivity index (χ3v) is 6.69. The number of carbonyl (C=O) groups excluding carboxylic acids is 1. The first kappa shape index (κ1) is 23.6. The molecule has 0 spiro atoms. The Balaban J connectivity index is 1.49. The Morgan fingerprint density at radius 3 is 2.76 bits per heavy atom. The fourth-order valence-electron chi connectivity index (χ4n) is 4.18. The highest BCUT2D eigenvalue weighted by atomic mass is 32.1. The third kappa shape index (κ3) is 6.05. The smallest absolute Gasteiger partial charge is 0.303 e. The molecule has 2 unspecified atom stereocenters. The molecule has 1 aromatic carbocycles. The van der Waals surface area contributed by atoms with Crippen molar-refractivity contribution in [2.75, 3.05) is 13.1 Å². The molecule has 1 N–H and O–H groups in total. The lowest BCUT2D eigenvalue weighted by atomic mass is 9.93. The van der Waals surface area contributed by atoms with Crippen LogP contribution in [0.1, 0.15) is 56.0 Å². The van der Waals surface area contributed by atoms with Crippen molar-refractivity contribution in [2.45, 2.75) is 56.4 Å². The predicted molar refractivity (Wildman–Crippen MR) is 123 cm³/mol. The minimum atomic E-state index is -0.817. The number of piperidine rings is 1. The second-order valence-corrected chi connectivity index (χ2v) is 9.31. The van der Waals surface area contributed by atoms with Gasteiger partial charge < -0.3 is 5.11 Å². The number of hydrogen-bond acceptors (Lipinski definition) is 7. The summed E-state index contributed by atoms with van der Waals surface area (Å²) in [6.07, 6.45) is 5.62. The second kappa shape index (κ2) is 10.6. The maximum atomic E-state index is 14.7. The molecule has 1 aliphatic carbocycles. The lowest BCUT2D eigenvalue weighted by Crippen LogP contribution is -2.42. The number of ketones is 1. The molecule has 33 heavy (non-hydrogen) atoms. The number of thiol groups is 1. The zero-order chi connectivity index (χ0) is 23.4. The summed E-state index contributed by atoms with van der Waals surface area (Å²) in [5.74, 6) is -0.633. The van der Waals surface area contributed by atoms with Crippen molar-refractivity contribution >= 4 is 30.5 Å². The van der Waals surface area contributed by atoms with Crippen molar-refractivity contribution in [2.24, 2.45) is 5.92 Å². The normalized spacial score (nSPS) is 21.3. The first-order chi connectivity index (χ1) is 15.9. The lowest BCUT2D eigenvalue weighted by molar-refractivity contribution is -0.137. The Labute approximate surface area is 197 Å². The Bertz CT molecular complexity index is 1040. The van der Waals surface area contributed by atoms with Crippen LogP contribution < -0.4 is 0 Å². The van der Waals surface area contributed by atoms with Crippen molar-refractivity contribution < 1.29 is 19.1 Å². The van der Waals surface area contributed by atoms with Gasteiger partial charge in [0, 0.05) is 36.2 Å². The number of aryl methyl sites for hydroxylation is 1. The number of aromatic nitrogens is 4. The number of Topliss-reactive ketones (excluding diaryl/α,β-unsaturated/α-hetero) is 1. The number of tetrazole rings is 1. The lowest BCUT2D eigenvalue weighted by Gasteiger charge is -2.37. The summed E-state index contributed by atoms with van der Waals surface area (Å²) in [6, 6.07) is 5.91. The average molecular weight is 474 g/mol. The van der Waals surface area contributed by atoms with E-state index in [0.29, 0.717) is 43.9 Å². The molecular weight excluding hydrogens is 445 g/mol. The quantitative estimate of drug-likeness (QED) is 0.404. The van der Waals surface area contributed by atoms with Crippen molar-refractivity contribution in [1.82, 2.24) is 25.1 Å². The minimum Gasteiger partial charge on any atom is -0.481 e. The summed E-state index contributed by atoms with van der Waals surface area (Å²) in [6.45, 7) is 1.61. The number of carboxylic acid groups (broad SMARTS) is 1. The van der Waals surface area contributed by atoms with Gasteiger partial charge in [-0.1, -0.05) is 18.2 Å². The van der Waals surface area contributed by atoms with Crippen molar-refractivity contribution in [3.63, 3.8) is 0 Å². The van der Waals surface area contributed by atoms with E-state index in [-0.39, 0.29) is 29.2 Å². The second-order valence-electron chi connectivity index (χ2n) is 8.69. The van der Waals surface area contributed by atoms with Crippen LogP contribution in [0.4, 0.5) is 4.39 Å². The number of carbonyl (C=O) groups is 2. The molecule has 2 aliphatic rings. The van der Waals surface area contributed by atoms with Crippen LogP contribution in [0.15, 0.2) is 29.8 Å². The van der Waals surface area contributed by atoms with E-state index in [1.807, 2.05) is 11.0 Å². The van der Waals surface area contributed by atoms with Crippen LogP contribution in [-0.2, 0) is 16.1 Å². The SMILES string of the molecule is O=C(O)CCCCn1nnc(/C=C2/CN(C(C(=O)C3CC3)c3ccccc3F)CCC2S)n1. The van der Waals surface area contributed by atoms with E-state index in [4.69, 9.17) is 17.7 Å². The minimum absolute atomic E-state index is 0.0125. The predicted octanol–water partition coefficient (Wildman–Crippen LogP) is 3.18. The van der Waals surface area contributed by atoms with Crippen LogP contribution in [-0.4, -0.2) is 60.3 Å². The van der Waals surface area contributed by atoms with E-state index in [2.05, 4.69) is 15.4 Å². The van der Waals surface area contributed by atoms with Gasteiger partial charge in [-0.3, -0.25) is 14.5 Å². The molecule has 1 aliphatic heterocycles. The van der Waals surface area contributed by atoms with E-state index in [9.17, 15) is 14.0 Å². The van der Waals surface area contributed by atoms with Crippen LogP contribution in [0, 0.1) is 11.7 Å². The molecule has 1 saturated heterocycles. The Morgan fingerprint density at radius 1 is 1.24 bits per heavy atom. The van der Waals surface area contributed by atoms with Crippen LogP contribution in [0.25, 0.3) is 6.08 Å². The van der Waals surface area contributed by atoms with Gasteiger partial charge in [-0.05, 0) is 55.0 Å². The van der Waals surface area contributed by atoms with E-state index in [0.717, 1.165) is 24.8 Å². The maximum Gasteiger partial charge on any atom is 0.303 e. The molecule has 8 nitrogen and oxygen atoms in total. The zero-order valence-electron chi connectivity index (χ0n) is 18.3. The highest BCUT2D eigenvalue weighted by molar-refractivity contribution is 7.81. The average Bonchev–Trinajstić information content (AvgIpc) is 3.55. The summed E-state index contributed by atoms with van der Waals surface area (Å²) in [5.41, 5.74) is 1.39. The molecule has 0 bridgehead atoms. The molecular formula is C23H28FN5O3S. The Morgan fingerprint density at radius 2 is 2.03 bits per heavy atom. The molecule has 2 fully saturated rings. The first-order valence-electron chi connectivity index (χ1n) is 11.3. The van der Waals surface area contributed by atoms with E-state index >= 15 is 0 Å². The Hall–Kier alpha value is -2.59. The van der Waals surface area contributed by atoms with Gasteiger partial charge in [0.25, 0.3) is 0 Å². The number of nitrogens with zero attached hydrogens (tertiary/aromatic N) is 5. The molecule has 1 aromatic heterocycles. The van der Waals surface area contributed by atoms with Gasteiger partial charge >= 0.3 is 5.97 Å². The van der Waals surface area contributed by atoms with Gasteiger partial charge in [0.2, 0.25) is 0 Å². The highest BCUT2D eigenvalue weighted by Crippen LogP contribution is 2.39. The summed E-state index contributed by atoms with van der Waals surface area (Å²) < 4.78 is 14.7. The summed E-state index contributed by atoms with van der Waals surface area (Å²) in [7, 11) is 0. The van der Waals surface area contributed by atoms with E-state index in [1.165, 1.54) is 10.9 Å². The largest absolute Gasteiger partial charge is 0.481 e. The number of rotatable bonds is 10. The summed E-state index contributed by atoms with van der Waals surface area (Å²) >= 11 is 4.71. The highest BCUT2D eigenvalue weighted by Gasteiger charge is 2.40. The van der Waals surface area contributed by atoms with Gasteiger partial charge in [0.1, 0.15) is 5.82 Å². The van der Waals surface area contributed by atoms with Gasteiger partial charge in [0.05, 0.1) is 12.6 Å². The fraction of sp³-hybridized carbons (Fsp3) is 0.522. The number of aliphatic carboxylic acids is 1. The standard InChI is InChI=1S/C23H28FN5O3S/c24-18-6-2-1-5-17(18)22(23(32)15-8-9-15)28-12-10-19(33)16(14-28)13-20-25-27-29(26-20)11-4-3-7-21(30)31/h1-2,5-6,13,15,19,22,33H,3-4,7-12,14H2,(H,30,31)/b16-13-. The van der Waals surface area contributed by atoms with Gasteiger partial charge in [-0.2, -0.15) is 17.4 Å². The van der Waals surface area contributed by atoms with Crippen LogP contribution in [0.2, 0.25) is 0 Å². The zero-order valence-corrected chi connectivity index (χ0v) is 19.2. The number of benzene rings is 1. The number of carboxylic acids is 1. The van der Waals surface area contributed by atoms with Gasteiger partial charge in [-0.25, -0.2) is 4.39 Å². The first-order valence-corrected chi connectivity index (χ1v) is 11.8. The fourth-order valence-corrected chi connectivity index (χ4v) is 4.45. The number of halogens is 1. The molecule has 0 amide bonds. The monoisotopic (exact) mass is 473 g/mol. The van der Waals surface area contributed by atoms with E-state index < -0.39 is 12.0 Å². The third-order valence-electron chi connectivity index (χ3n) is 6.10.